The number of carbonyl (C=O) groups is 3. The Balaban J connectivity index is 1.42. The molecule has 2 aromatic heterocycles. The minimum atomic E-state index is -1.27. The molecule has 14 heteroatoms. The molecule has 218 valence electrons. The average Bonchev–Trinajstić information content (AvgIpc) is 3.45. The number of nitrogens with zero attached hydrogens (tertiary/aromatic N) is 4. The molecule has 0 spiro atoms. The standard InChI is InChI=1S/C27H32FN7O6/c1-14-12-41-24-21-17(9-19(28)22(24)34-6-4-33(3)5-7-34)23(36)18(11-35(14)21)26(38)31-15(2)25(37)32-20(27(39)40)8-16-10-29-13-30-16/h9-11,13-15,20H,4-8,12H2,1-3H3,(H,29,30)(H,31,38)(H,32,37)(H,39,40)/t14?,15-,20-/m0/s1. The zero-order valence-corrected chi connectivity index (χ0v) is 22.9. The van der Waals surface area contributed by atoms with Crippen molar-refractivity contribution < 1.29 is 28.6 Å². The largest absolute Gasteiger partial charge is 0.487 e. The number of piperazine rings is 1. The molecular weight excluding hydrogens is 537 g/mol. The predicted octanol–water partition coefficient (Wildman–Crippen LogP) is 0.499. The molecule has 1 aromatic carbocycles. The second-order valence-electron chi connectivity index (χ2n) is 10.5. The van der Waals surface area contributed by atoms with E-state index in [0.29, 0.717) is 30.0 Å². The van der Waals surface area contributed by atoms with E-state index in [9.17, 15) is 24.3 Å². The van der Waals surface area contributed by atoms with E-state index in [1.807, 2.05) is 18.9 Å². The number of nitrogens with one attached hydrogen (secondary N) is 3. The molecule has 2 amide bonds. The number of pyridine rings is 1. The predicted molar refractivity (Wildman–Crippen MR) is 147 cm³/mol. The van der Waals surface area contributed by atoms with Crippen molar-refractivity contribution in [1.29, 1.82) is 0 Å². The van der Waals surface area contributed by atoms with Crippen molar-refractivity contribution in [2.75, 3.05) is 44.7 Å². The minimum Gasteiger partial charge on any atom is -0.487 e. The number of hydrogen-bond acceptors (Lipinski definition) is 8. The molecule has 1 unspecified atom stereocenters. The van der Waals surface area contributed by atoms with Gasteiger partial charge in [0.15, 0.2) is 11.6 Å². The molecule has 0 radical (unpaired) electrons. The number of carbonyl (C=O) groups excluding carboxylic acids is 2. The molecule has 5 rings (SSSR count). The van der Waals surface area contributed by atoms with Crippen molar-refractivity contribution >= 4 is 34.4 Å². The van der Waals surface area contributed by atoms with Crippen LogP contribution in [-0.4, -0.2) is 94.2 Å². The Morgan fingerprint density at radius 3 is 2.63 bits per heavy atom. The highest BCUT2D eigenvalue weighted by Gasteiger charge is 2.32. The van der Waals surface area contributed by atoms with Gasteiger partial charge in [0.05, 0.1) is 23.3 Å². The lowest BCUT2D eigenvalue weighted by molar-refractivity contribution is -0.142. The highest BCUT2D eigenvalue weighted by atomic mass is 19.1. The fourth-order valence-electron chi connectivity index (χ4n) is 5.15. The summed E-state index contributed by atoms with van der Waals surface area (Å²) in [6.07, 6.45) is 4.21. The fourth-order valence-corrected chi connectivity index (χ4v) is 5.15. The molecule has 2 aliphatic heterocycles. The molecule has 0 saturated carbocycles. The van der Waals surface area contributed by atoms with Gasteiger partial charge >= 0.3 is 5.97 Å². The third-order valence-corrected chi connectivity index (χ3v) is 7.54. The van der Waals surface area contributed by atoms with Gasteiger partial charge in [-0.15, -0.1) is 0 Å². The Hall–Kier alpha value is -4.46. The molecular formula is C27H32FN7O6. The lowest BCUT2D eigenvalue weighted by Gasteiger charge is -2.37. The Bertz CT molecular complexity index is 1550. The first kappa shape index (κ1) is 28.1. The number of likely N-dealkylation sites (N-methyl/N-ethyl adjacent to an activating group) is 1. The summed E-state index contributed by atoms with van der Waals surface area (Å²) in [6, 6.07) is -1.56. The highest BCUT2D eigenvalue weighted by Crippen LogP contribution is 2.42. The van der Waals surface area contributed by atoms with Gasteiger partial charge in [-0.3, -0.25) is 14.4 Å². The number of imidazole rings is 1. The smallest absolute Gasteiger partial charge is 0.326 e. The van der Waals surface area contributed by atoms with E-state index in [2.05, 4.69) is 25.5 Å². The number of anilines is 1. The summed E-state index contributed by atoms with van der Waals surface area (Å²) < 4.78 is 23.3. The van der Waals surface area contributed by atoms with Gasteiger partial charge in [0.25, 0.3) is 5.91 Å². The van der Waals surface area contributed by atoms with Crippen molar-refractivity contribution in [3.8, 4) is 5.75 Å². The molecule has 1 saturated heterocycles. The Morgan fingerprint density at radius 2 is 1.98 bits per heavy atom. The Kier molecular flexibility index (Phi) is 7.67. The molecule has 3 atom stereocenters. The first-order valence-electron chi connectivity index (χ1n) is 13.3. The van der Waals surface area contributed by atoms with Gasteiger partial charge < -0.3 is 39.8 Å². The van der Waals surface area contributed by atoms with Gasteiger partial charge in [0.1, 0.15) is 29.9 Å². The zero-order valence-electron chi connectivity index (χ0n) is 22.9. The van der Waals surface area contributed by atoms with E-state index in [4.69, 9.17) is 4.74 Å². The van der Waals surface area contributed by atoms with Crippen LogP contribution in [0.4, 0.5) is 10.1 Å². The molecule has 0 bridgehead atoms. The van der Waals surface area contributed by atoms with E-state index < -0.39 is 41.1 Å². The number of halogens is 1. The van der Waals surface area contributed by atoms with Gasteiger partial charge in [-0.2, -0.15) is 0 Å². The minimum absolute atomic E-state index is 0.00261. The van der Waals surface area contributed by atoms with Crippen LogP contribution in [0.2, 0.25) is 0 Å². The Morgan fingerprint density at radius 1 is 1.24 bits per heavy atom. The molecule has 1 fully saturated rings. The van der Waals surface area contributed by atoms with Gasteiger partial charge in [-0.1, -0.05) is 0 Å². The summed E-state index contributed by atoms with van der Waals surface area (Å²) >= 11 is 0. The number of carboxylic acid groups (broad SMARTS) is 1. The van der Waals surface area contributed by atoms with Crippen molar-refractivity contribution in [2.45, 2.75) is 38.4 Å². The third kappa shape index (κ3) is 5.46. The summed E-state index contributed by atoms with van der Waals surface area (Å²) in [4.78, 5) is 61.8. The summed E-state index contributed by atoms with van der Waals surface area (Å²) in [7, 11) is 2.00. The fraction of sp³-hybridized carbons (Fsp3) is 0.444. The van der Waals surface area contributed by atoms with Crippen LogP contribution < -0.4 is 25.7 Å². The lowest BCUT2D eigenvalue weighted by Crippen LogP contribution is -2.51. The maximum atomic E-state index is 15.6. The van der Waals surface area contributed by atoms with Crippen LogP contribution in [0.5, 0.6) is 5.75 Å². The van der Waals surface area contributed by atoms with Crippen molar-refractivity contribution in [3.05, 3.63) is 52.1 Å². The van der Waals surface area contributed by atoms with Gasteiger partial charge in [-0.05, 0) is 27.0 Å². The normalized spacial score (nSPS) is 18.4. The molecule has 2 aliphatic rings. The van der Waals surface area contributed by atoms with E-state index in [1.54, 1.807) is 4.57 Å². The van der Waals surface area contributed by atoms with Gasteiger partial charge in [0.2, 0.25) is 11.3 Å². The van der Waals surface area contributed by atoms with Crippen molar-refractivity contribution in [1.82, 2.24) is 30.1 Å². The van der Waals surface area contributed by atoms with Crippen LogP contribution in [0, 0.1) is 5.82 Å². The molecule has 4 heterocycles. The van der Waals surface area contributed by atoms with Crippen molar-refractivity contribution in [2.24, 2.45) is 0 Å². The molecule has 41 heavy (non-hydrogen) atoms. The maximum absolute atomic E-state index is 15.6. The lowest BCUT2D eigenvalue weighted by atomic mass is 10.0. The quantitative estimate of drug-likeness (QED) is 0.303. The number of ether oxygens (including phenoxy) is 1. The van der Waals surface area contributed by atoms with E-state index in [1.165, 1.54) is 25.6 Å². The second kappa shape index (κ2) is 11.2. The summed E-state index contributed by atoms with van der Waals surface area (Å²) in [6.45, 7) is 6.14. The highest BCUT2D eigenvalue weighted by molar-refractivity contribution is 6.01. The molecule has 4 N–H and O–H groups in total. The molecule has 3 aromatic rings. The molecule has 0 aliphatic carbocycles. The van der Waals surface area contributed by atoms with Crippen LogP contribution in [0.25, 0.3) is 10.9 Å². The van der Waals surface area contributed by atoms with Gasteiger partial charge in [-0.25, -0.2) is 14.2 Å². The number of rotatable bonds is 8. The van der Waals surface area contributed by atoms with Crippen LogP contribution in [0.15, 0.2) is 29.6 Å². The SMILES string of the molecule is CC1COc2c(N3CCN(C)CC3)c(F)cc3c(=O)c(C(=O)N[C@@H](C)C(=O)N[C@@H](Cc4cnc[nH]4)C(=O)O)cn1c23. The van der Waals surface area contributed by atoms with E-state index in [-0.39, 0.29) is 35.8 Å². The second-order valence-corrected chi connectivity index (χ2v) is 10.5. The number of benzene rings is 1. The van der Waals surface area contributed by atoms with Crippen LogP contribution in [-0.2, 0) is 16.0 Å². The first-order valence-corrected chi connectivity index (χ1v) is 13.3. The summed E-state index contributed by atoms with van der Waals surface area (Å²) in [5.41, 5.74) is 0.251. The molecule has 13 nitrogen and oxygen atoms in total. The number of H-pyrrole nitrogens is 1. The number of carboxylic acids is 1. The van der Waals surface area contributed by atoms with E-state index in [0.717, 1.165) is 19.2 Å². The zero-order chi connectivity index (χ0) is 29.4. The van der Waals surface area contributed by atoms with Crippen LogP contribution >= 0.6 is 0 Å². The van der Waals surface area contributed by atoms with Crippen LogP contribution in [0.3, 0.4) is 0 Å². The monoisotopic (exact) mass is 569 g/mol. The van der Waals surface area contributed by atoms with Crippen LogP contribution in [0.1, 0.15) is 35.9 Å². The van der Waals surface area contributed by atoms with Crippen molar-refractivity contribution in [3.63, 3.8) is 0 Å². The first-order chi connectivity index (χ1) is 19.5. The number of hydrogen-bond donors (Lipinski definition) is 4. The number of amides is 2. The topological polar surface area (TPSA) is 162 Å². The third-order valence-electron chi connectivity index (χ3n) is 7.54. The average molecular weight is 570 g/mol. The number of aliphatic carboxylic acids is 1. The Labute approximate surface area is 234 Å². The number of aromatic nitrogens is 3. The summed E-state index contributed by atoms with van der Waals surface area (Å²) in [5.74, 6) is -3.19. The maximum Gasteiger partial charge on any atom is 0.326 e. The van der Waals surface area contributed by atoms with Gasteiger partial charge in [0, 0.05) is 50.7 Å². The number of aromatic amines is 1. The summed E-state index contributed by atoms with van der Waals surface area (Å²) in [5, 5.41) is 14.4. The van der Waals surface area contributed by atoms with E-state index >= 15 is 4.39 Å².